The summed E-state index contributed by atoms with van der Waals surface area (Å²) in [5.74, 6) is 1.90. The summed E-state index contributed by atoms with van der Waals surface area (Å²) in [4.78, 5) is 0. The molecule has 0 amide bonds. The van der Waals surface area contributed by atoms with E-state index < -0.39 is 0 Å². The maximum Gasteiger partial charge on any atom is 0.0873 e. The lowest BCUT2D eigenvalue weighted by molar-refractivity contribution is 0.0919. The van der Waals surface area contributed by atoms with E-state index >= 15 is 0 Å². The second-order valence-corrected chi connectivity index (χ2v) is 6.49. The first-order chi connectivity index (χ1) is 7.52. The predicted octanol–water partition coefficient (Wildman–Crippen LogP) is 4.39. The Morgan fingerprint density at radius 2 is 2.12 bits per heavy atom. The molecule has 0 aliphatic heterocycles. The van der Waals surface area contributed by atoms with Crippen molar-refractivity contribution in [2.75, 3.05) is 6.61 Å². The minimum Gasteiger partial charge on any atom is -0.502 e. The Hall–Kier alpha value is -0.460. The smallest absolute Gasteiger partial charge is 0.0873 e. The average Bonchev–Trinajstić information content (AvgIpc) is 2.57. The number of rotatable bonds is 5. The van der Waals surface area contributed by atoms with Gasteiger partial charge in [-0.05, 0) is 54.8 Å². The van der Waals surface area contributed by atoms with Gasteiger partial charge in [-0.1, -0.05) is 27.4 Å². The second-order valence-electron chi connectivity index (χ2n) is 6.49. The first-order valence-corrected chi connectivity index (χ1v) is 6.75. The van der Waals surface area contributed by atoms with E-state index in [2.05, 4.69) is 27.4 Å². The number of hydrogen-bond donors (Lipinski definition) is 0. The standard InChI is InChI=1S/C15H26O/c1-5-16-10-6-7-13-11-12-8-9-15(13,4)14(12,2)3/h5,12-13H,1,6-11H2,2-4H3. The van der Waals surface area contributed by atoms with Crippen LogP contribution in [0.5, 0.6) is 0 Å². The van der Waals surface area contributed by atoms with Crippen molar-refractivity contribution in [3.8, 4) is 0 Å². The maximum atomic E-state index is 5.22. The van der Waals surface area contributed by atoms with Crippen LogP contribution in [0.15, 0.2) is 12.8 Å². The van der Waals surface area contributed by atoms with Gasteiger partial charge < -0.3 is 4.74 Å². The molecule has 0 heterocycles. The van der Waals surface area contributed by atoms with Crippen LogP contribution >= 0.6 is 0 Å². The monoisotopic (exact) mass is 222 g/mol. The van der Waals surface area contributed by atoms with E-state index in [4.69, 9.17) is 4.74 Å². The van der Waals surface area contributed by atoms with Crippen LogP contribution in [-0.4, -0.2) is 6.61 Å². The maximum absolute atomic E-state index is 5.22. The molecule has 2 saturated carbocycles. The molecule has 2 fully saturated rings. The SMILES string of the molecule is C=COCCCC1CC2CCC1(C)C2(C)C. The van der Waals surface area contributed by atoms with Crippen LogP contribution in [0.25, 0.3) is 0 Å². The third kappa shape index (κ3) is 1.59. The van der Waals surface area contributed by atoms with Crippen molar-refractivity contribution in [1.29, 1.82) is 0 Å². The largest absolute Gasteiger partial charge is 0.502 e. The van der Waals surface area contributed by atoms with Crippen molar-refractivity contribution >= 4 is 0 Å². The van der Waals surface area contributed by atoms with Crippen molar-refractivity contribution in [3.05, 3.63) is 12.8 Å². The summed E-state index contributed by atoms with van der Waals surface area (Å²) in [6, 6.07) is 0. The Morgan fingerprint density at radius 1 is 1.38 bits per heavy atom. The molecule has 2 bridgehead atoms. The number of ether oxygens (including phenoxy) is 1. The quantitative estimate of drug-likeness (QED) is 0.495. The normalized spacial score (nSPS) is 39.9. The molecular formula is C15H26O. The highest BCUT2D eigenvalue weighted by molar-refractivity contribution is 5.09. The lowest BCUT2D eigenvalue weighted by Crippen LogP contribution is -2.32. The van der Waals surface area contributed by atoms with Crippen LogP contribution < -0.4 is 0 Å². The lowest BCUT2D eigenvalue weighted by Gasteiger charge is -2.39. The van der Waals surface area contributed by atoms with Crippen molar-refractivity contribution in [3.63, 3.8) is 0 Å². The number of fused-ring (bicyclic) bond motifs is 2. The summed E-state index contributed by atoms with van der Waals surface area (Å²) in [7, 11) is 0. The molecule has 3 unspecified atom stereocenters. The highest BCUT2D eigenvalue weighted by atomic mass is 16.5. The summed E-state index contributed by atoms with van der Waals surface area (Å²) in [6.45, 7) is 11.9. The Morgan fingerprint density at radius 3 is 2.62 bits per heavy atom. The van der Waals surface area contributed by atoms with E-state index in [1.165, 1.54) is 32.1 Å². The lowest BCUT2D eigenvalue weighted by atomic mass is 9.66. The summed E-state index contributed by atoms with van der Waals surface area (Å²) in [5.41, 5.74) is 1.16. The van der Waals surface area contributed by atoms with Gasteiger partial charge in [-0.25, -0.2) is 0 Å². The Kier molecular flexibility index (Phi) is 3.07. The average molecular weight is 222 g/mol. The zero-order chi connectivity index (χ0) is 11.8. The second kappa shape index (κ2) is 4.09. The van der Waals surface area contributed by atoms with Crippen molar-refractivity contribution in [2.45, 2.75) is 52.9 Å². The molecule has 2 rings (SSSR count). The molecule has 0 aromatic heterocycles. The van der Waals surface area contributed by atoms with Gasteiger partial charge in [0.2, 0.25) is 0 Å². The van der Waals surface area contributed by atoms with Gasteiger partial charge >= 0.3 is 0 Å². The molecule has 0 spiro atoms. The fourth-order valence-electron chi connectivity index (χ4n) is 4.30. The van der Waals surface area contributed by atoms with Crippen LogP contribution in [0, 0.1) is 22.7 Å². The van der Waals surface area contributed by atoms with E-state index in [1.54, 1.807) is 6.26 Å². The predicted molar refractivity (Wildman–Crippen MR) is 68.1 cm³/mol. The van der Waals surface area contributed by atoms with Gasteiger partial charge in [0.15, 0.2) is 0 Å². The summed E-state index contributed by atoms with van der Waals surface area (Å²) in [5, 5.41) is 0. The molecule has 0 aromatic carbocycles. The zero-order valence-electron chi connectivity index (χ0n) is 11.1. The van der Waals surface area contributed by atoms with E-state index in [1.807, 2.05) is 0 Å². The van der Waals surface area contributed by atoms with Gasteiger partial charge in [0.05, 0.1) is 12.9 Å². The Bertz CT molecular complexity index is 269. The van der Waals surface area contributed by atoms with Crippen LogP contribution in [0.3, 0.4) is 0 Å². The first kappa shape index (κ1) is 12.0. The molecular weight excluding hydrogens is 196 g/mol. The summed E-state index contributed by atoms with van der Waals surface area (Å²) < 4.78 is 5.22. The molecule has 16 heavy (non-hydrogen) atoms. The van der Waals surface area contributed by atoms with Crippen LogP contribution in [-0.2, 0) is 4.74 Å². The fraction of sp³-hybridized carbons (Fsp3) is 0.867. The molecule has 0 aromatic rings. The molecule has 92 valence electrons. The van der Waals surface area contributed by atoms with Gasteiger partial charge in [-0.3, -0.25) is 0 Å². The van der Waals surface area contributed by atoms with E-state index in [0.717, 1.165) is 18.4 Å². The van der Waals surface area contributed by atoms with Crippen LogP contribution in [0.2, 0.25) is 0 Å². The molecule has 3 atom stereocenters. The molecule has 0 radical (unpaired) electrons. The summed E-state index contributed by atoms with van der Waals surface area (Å²) >= 11 is 0. The zero-order valence-corrected chi connectivity index (χ0v) is 11.1. The molecule has 1 heteroatoms. The van der Waals surface area contributed by atoms with Gasteiger partial charge in [0.25, 0.3) is 0 Å². The highest BCUT2D eigenvalue weighted by Gasteiger charge is 2.60. The summed E-state index contributed by atoms with van der Waals surface area (Å²) in [6.07, 6.45) is 8.45. The van der Waals surface area contributed by atoms with Crippen molar-refractivity contribution in [2.24, 2.45) is 22.7 Å². The Balaban J connectivity index is 1.91. The van der Waals surface area contributed by atoms with Crippen LogP contribution in [0.4, 0.5) is 0 Å². The van der Waals surface area contributed by atoms with Crippen LogP contribution in [0.1, 0.15) is 52.9 Å². The minimum atomic E-state index is 0.566. The molecule has 2 aliphatic carbocycles. The molecule has 1 nitrogen and oxygen atoms in total. The van der Waals surface area contributed by atoms with Gasteiger partial charge in [0, 0.05) is 0 Å². The third-order valence-electron chi connectivity index (χ3n) is 5.91. The Labute approximate surface area is 100 Å². The van der Waals surface area contributed by atoms with E-state index in [9.17, 15) is 0 Å². The fourth-order valence-corrected chi connectivity index (χ4v) is 4.30. The molecule has 0 saturated heterocycles. The van der Waals surface area contributed by atoms with Crippen molar-refractivity contribution < 1.29 is 4.74 Å². The minimum absolute atomic E-state index is 0.566. The van der Waals surface area contributed by atoms with Crippen molar-refractivity contribution in [1.82, 2.24) is 0 Å². The van der Waals surface area contributed by atoms with E-state index in [0.29, 0.717) is 10.8 Å². The molecule has 0 N–H and O–H groups in total. The molecule has 2 aliphatic rings. The van der Waals surface area contributed by atoms with Gasteiger partial charge in [-0.15, -0.1) is 0 Å². The van der Waals surface area contributed by atoms with E-state index in [-0.39, 0.29) is 0 Å². The van der Waals surface area contributed by atoms with Gasteiger partial charge in [-0.2, -0.15) is 0 Å². The highest BCUT2D eigenvalue weighted by Crippen LogP contribution is 2.68. The third-order valence-corrected chi connectivity index (χ3v) is 5.91. The topological polar surface area (TPSA) is 9.23 Å². The van der Waals surface area contributed by atoms with Gasteiger partial charge in [0.1, 0.15) is 0 Å². The number of hydrogen-bond acceptors (Lipinski definition) is 1. The first-order valence-electron chi connectivity index (χ1n) is 6.75.